The average Bonchev–Trinajstić information content (AvgIpc) is 3.07. The Kier molecular flexibility index (Phi) is 6.01. The number of carboxylic acid groups (broad SMARTS) is 1. The second-order valence-electron chi connectivity index (χ2n) is 6.63. The highest BCUT2D eigenvalue weighted by molar-refractivity contribution is 6.31. The van der Waals surface area contributed by atoms with Gasteiger partial charge in [-0.25, -0.2) is 4.79 Å². The van der Waals surface area contributed by atoms with E-state index in [4.69, 9.17) is 16.3 Å². The lowest BCUT2D eigenvalue weighted by Crippen LogP contribution is -2.10. The first-order valence-electron chi connectivity index (χ1n) is 9.11. The van der Waals surface area contributed by atoms with Crippen molar-refractivity contribution >= 4 is 28.5 Å². The van der Waals surface area contributed by atoms with Crippen LogP contribution in [0.15, 0.2) is 42.6 Å². The van der Waals surface area contributed by atoms with E-state index in [0.717, 1.165) is 35.1 Å². The molecule has 3 rings (SSSR count). The number of fused-ring (bicyclic) bond motifs is 1. The highest BCUT2D eigenvalue weighted by atomic mass is 35.5. The second kappa shape index (κ2) is 8.44. The molecule has 0 amide bonds. The van der Waals surface area contributed by atoms with E-state index in [9.17, 15) is 9.90 Å². The molecule has 0 aliphatic heterocycles. The van der Waals surface area contributed by atoms with Crippen LogP contribution in [0.25, 0.3) is 10.9 Å². The van der Waals surface area contributed by atoms with Gasteiger partial charge in [0.1, 0.15) is 5.75 Å². The Hall–Kier alpha value is -2.53. The highest BCUT2D eigenvalue weighted by Gasteiger charge is 2.11. The van der Waals surface area contributed by atoms with Crippen LogP contribution < -0.4 is 4.74 Å². The van der Waals surface area contributed by atoms with Crippen LogP contribution in [0, 0.1) is 5.92 Å². The van der Waals surface area contributed by atoms with Gasteiger partial charge in [-0.15, -0.1) is 0 Å². The van der Waals surface area contributed by atoms with Crippen molar-refractivity contribution in [1.29, 1.82) is 0 Å². The Labute approximate surface area is 163 Å². The van der Waals surface area contributed by atoms with Crippen molar-refractivity contribution < 1.29 is 14.6 Å². The molecule has 1 heterocycles. The van der Waals surface area contributed by atoms with Gasteiger partial charge in [0.25, 0.3) is 0 Å². The Morgan fingerprint density at radius 3 is 2.70 bits per heavy atom. The predicted octanol–water partition coefficient (Wildman–Crippen LogP) is 5.25. The summed E-state index contributed by atoms with van der Waals surface area (Å²) in [5, 5.41) is 15.1. The number of ether oxygens (including phenoxy) is 1. The van der Waals surface area contributed by atoms with Gasteiger partial charge in [0, 0.05) is 10.4 Å². The molecule has 0 fully saturated rings. The van der Waals surface area contributed by atoms with E-state index in [0.29, 0.717) is 24.1 Å². The van der Waals surface area contributed by atoms with Crippen LogP contribution in [0.4, 0.5) is 0 Å². The summed E-state index contributed by atoms with van der Waals surface area (Å²) in [6.07, 6.45) is 3.90. The summed E-state index contributed by atoms with van der Waals surface area (Å²) < 4.78 is 7.69. The minimum Gasteiger partial charge on any atom is -0.493 e. The summed E-state index contributed by atoms with van der Waals surface area (Å²) in [6, 6.07) is 10.6. The highest BCUT2D eigenvalue weighted by Crippen LogP contribution is 2.25. The van der Waals surface area contributed by atoms with E-state index in [-0.39, 0.29) is 5.56 Å². The maximum atomic E-state index is 11.2. The number of nitrogens with zero attached hydrogens (tertiary/aromatic N) is 2. The van der Waals surface area contributed by atoms with Crippen LogP contribution in [0.1, 0.15) is 42.6 Å². The van der Waals surface area contributed by atoms with Crippen molar-refractivity contribution in [2.75, 3.05) is 6.61 Å². The molecule has 2 aromatic carbocycles. The molecule has 6 heteroatoms. The third-order valence-electron chi connectivity index (χ3n) is 4.87. The monoisotopic (exact) mass is 386 g/mol. The quantitative estimate of drug-likeness (QED) is 0.574. The van der Waals surface area contributed by atoms with Gasteiger partial charge in [-0.2, -0.15) is 5.10 Å². The molecular weight excluding hydrogens is 364 g/mol. The summed E-state index contributed by atoms with van der Waals surface area (Å²) in [6.45, 7) is 5.45. The minimum absolute atomic E-state index is 0.234. The molecule has 0 aliphatic carbocycles. The van der Waals surface area contributed by atoms with Crippen molar-refractivity contribution in [1.82, 2.24) is 9.78 Å². The van der Waals surface area contributed by atoms with Crippen LogP contribution in [0.5, 0.6) is 5.75 Å². The summed E-state index contributed by atoms with van der Waals surface area (Å²) >= 11 is 6.37. The Morgan fingerprint density at radius 1 is 1.22 bits per heavy atom. The molecule has 0 atom stereocenters. The van der Waals surface area contributed by atoms with Crippen molar-refractivity contribution in [2.45, 2.75) is 33.2 Å². The number of aromatic nitrogens is 2. The van der Waals surface area contributed by atoms with Crippen LogP contribution in [-0.2, 0) is 6.54 Å². The SMILES string of the molecule is CCC(CC)COc1ccc(Cl)c(Cn2ncc3ccc(C(=O)O)cc32)c1. The molecule has 3 aromatic rings. The fraction of sp³-hybridized carbons (Fsp3) is 0.333. The molecule has 0 saturated carbocycles. The third-order valence-corrected chi connectivity index (χ3v) is 5.24. The molecule has 142 valence electrons. The first-order chi connectivity index (χ1) is 13.0. The molecule has 0 saturated heterocycles. The number of carboxylic acids is 1. The molecule has 0 aliphatic rings. The maximum Gasteiger partial charge on any atom is 0.335 e. The minimum atomic E-state index is -0.959. The van der Waals surface area contributed by atoms with Crippen molar-refractivity contribution in [3.8, 4) is 5.75 Å². The van der Waals surface area contributed by atoms with Crippen LogP contribution in [0.3, 0.4) is 0 Å². The molecule has 1 N–H and O–H groups in total. The normalized spacial score (nSPS) is 11.3. The van der Waals surface area contributed by atoms with Gasteiger partial charge in [-0.3, -0.25) is 4.68 Å². The zero-order valence-electron chi connectivity index (χ0n) is 15.5. The van der Waals surface area contributed by atoms with Crippen molar-refractivity contribution in [2.24, 2.45) is 5.92 Å². The van der Waals surface area contributed by atoms with Crippen LogP contribution in [0.2, 0.25) is 5.02 Å². The zero-order chi connectivity index (χ0) is 19.4. The van der Waals surface area contributed by atoms with E-state index >= 15 is 0 Å². The molecule has 0 bridgehead atoms. The van der Waals surface area contributed by atoms with Crippen molar-refractivity contribution in [3.05, 3.63) is 58.7 Å². The number of carbonyl (C=O) groups is 1. The smallest absolute Gasteiger partial charge is 0.335 e. The number of rotatable bonds is 8. The first-order valence-corrected chi connectivity index (χ1v) is 9.49. The van der Waals surface area contributed by atoms with E-state index in [2.05, 4.69) is 18.9 Å². The molecule has 0 unspecified atom stereocenters. The fourth-order valence-corrected chi connectivity index (χ4v) is 3.17. The average molecular weight is 387 g/mol. The first kappa shape index (κ1) is 19.2. The van der Waals surface area contributed by atoms with Gasteiger partial charge < -0.3 is 9.84 Å². The molecular formula is C21H23ClN2O3. The van der Waals surface area contributed by atoms with Gasteiger partial charge in [-0.1, -0.05) is 44.4 Å². The summed E-state index contributed by atoms with van der Waals surface area (Å²) in [7, 11) is 0. The molecule has 5 nitrogen and oxygen atoms in total. The zero-order valence-corrected chi connectivity index (χ0v) is 16.2. The Bertz CT molecular complexity index is 948. The van der Waals surface area contributed by atoms with E-state index < -0.39 is 5.97 Å². The van der Waals surface area contributed by atoms with E-state index in [1.54, 1.807) is 29.1 Å². The molecule has 27 heavy (non-hydrogen) atoms. The van der Waals surface area contributed by atoms with Crippen LogP contribution >= 0.6 is 11.6 Å². The van der Waals surface area contributed by atoms with Gasteiger partial charge in [0.15, 0.2) is 0 Å². The Morgan fingerprint density at radius 2 is 2.00 bits per heavy atom. The molecule has 0 spiro atoms. The summed E-state index contributed by atoms with van der Waals surface area (Å²) in [5.41, 5.74) is 1.87. The standard InChI is InChI=1S/C21H23ClN2O3/c1-3-14(4-2)13-27-18-7-8-19(22)17(9-18)12-24-20-10-15(21(25)26)5-6-16(20)11-23-24/h5-11,14H,3-4,12-13H2,1-2H3,(H,25,26). The van der Waals surface area contributed by atoms with Crippen molar-refractivity contribution in [3.63, 3.8) is 0 Å². The van der Waals surface area contributed by atoms with Crippen LogP contribution in [-0.4, -0.2) is 27.5 Å². The second-order valence-corrected chi connectivity index (χ2v) is 7.03. The van der Waals surface area contributed by atoms with Gasteiger partial charge in [0.2, 0.25) is 0 Å². The van der Waals surface area contributed by atoms with E-state index in [1.807, 2.05) is 18.2 Å². The number of halogens is 1. The van der Waals surface area contributed by atoms with E-state index in [1.165, 1.54) is 0 Å². The number of aromatic carboxylic acids is 1. The van der Waals surface area contributed by atoms with Gasteiger partial charge in [-0.05, 0) is 41.8 Å². The van der Waals surface area contributed by atoms with Gasteiger partial charge >= 0.3 is 5.97 Å². The summed E-state index contributed by atoms with van der Waals surface area (Å²) in [5.74, 6) is 0.358. The molecule has 0 radical (unpaired) electrons. The maximum absolute atomic E-state index is 11.2. The summed E-state index contributed by atoms with van der Waals surface area (Å²) in [4.78, 5) is 11.2. The molecule has 1 aromatic heterocycles. The number of benzene rings is 2. The lowest BCUT2D eigenvalue weighted by Gasteiger charge is -2.15. The topological polar surface area (TPSA) is 64.4 Å². The fourth-order valence-electron chi connectivity index (χ4n) is 2.99. The predicted molar refractivity (Wildman–Crippen MR) is 107 cm³/mol. The Balaban J connectivity index is 1.84. The van der Waals surface area contributed by atoms with Gasteiger partial charge in [0.05, 0.1) is 30.4 Å². The number of hydrogen-bond acceptors (Lipinski definition) is 3. The third kappa shape index (κ3) is 4.42. The lowest BCUT2D eigenvalue weighted by atomic mass is 10.1. The largest absolute Gasteiger partial charge is 0.493 e. The lowest BCUT2D eigenvalue weighted by molar-refractivity contribution is 0.0697. The number of hydrogen-bond donors (Lipinski definition) is 1.